The monoisotopic (exact) mass is 377 g/mol. The molecular weight excluding hydrogens is 358 g/mol. The number of hydrogen-bond donors (Lipinski definition) is 2. The third kappa shape index (κ3) is 5.47. The number of halogens is 1. The topological polar surface area (TPSA) is 84.9 Å². The van der Waals surface area contributed by atoms with Crippen molar-refractivity contribution in [3.8, 4) is 11.5 Å². The Morgan fingerprint density at radius 1 is 1.15 bits per heavy atom. The zero-order valence-corrected chi connectivity index (χ0v) is 15.2. The number of ether oxygens (including phenoxy) is 2. The van der Waals surface area contributed by atoms with Gasteiger partial charge in [-0.25, -0.2) is 0 Å². The number of aliphatic hydroxyl groups excluding tert-OH is 1. The highest BCUT2D eigenvalue weighted by molar-refractivity contribution is 6.30. The molecule has 2 rings (SSSR count). The maximum atomic E-state index is 12.0. The Balaban J connectivity index is 1.91. The average Bonchev–Trinajstić information content (AvgIpc) is 2.62. The highest BCUT2D eigenvalue weighted by Gasteiger charge is 2.16. The van der Waals surface area contributed by atoms with Gasteiger partial charge in [-0.3, -0.25) is 9.59 Å². The minimum atomic E-state index is -1.26. The molecule has 2 aromatic carbocycles. The highest BCUT2D eigenvalue weighted by atomic mass is 35.5. The van der Waals surface area contributed by atoms with E-state index in [9.17, 15) is 14.7 Å². The summed E-state index contributed by atoms with van der Waals surface area (Å²) in [6.07, 6.45) is -0.733. The molecule has 0 aromatic heterocycles. The molecule has 138 valence electrons. The zero-order valence-electron chi connectivity index (χ0n) is 14.5. The fraction of sp³-hybridized carbons (Fsp3) is 0.263. The summed E-state index contributed by atoms with van der Waals surface area (Å²) < 4.78 is 10.3. The Labute approximate surface area is 156 Å². The van der Waals surface area contributed by atoms with Gasteiger partial charge in [0.15, 0.2) is 17.6 Å². The van der Waals surface area contributed by atoms with Crippen LogP contribution in [0.1, 0.15) is 24.2 Å². The van der Waals surface area contributed by atoms with Crippen molar-refractivity contribution in [1.29, 1.82) is 0 Å². The van der Waals surface area contributed by atoms with Crippen molar-refractivity contribution in [2.45, 2.75) is 19.4 Å². The lowest BCUT2D eigenvalue weighted by Crippen LogP contribution is -2.30. The predicted molar refractivity (Wildman–Crippen MR) is 97.4 cm³/mol. The zero-order chi connectivity index (χ0) is 19.1. The van der Waals surface area contributed by atoms with Gasteiger partial charge < -0.3 is 19.9 Å². The van der Waals surface area contributed by atoms with Crippen LogP contribution >= 0.6 is 11.6 Å². The van der Waals surface area contributed by atoms with Gasteiger partial charge in [0.1, 0.15) is 0 Å². The molecule has 0 fully saturated rings. The molecule has 0 heterocycles. The molecule has 1 amide bonds. The minimum absolute atomic E-state index is 0.333. The SMILES string of the molecule is COc1cc(CCNC(=O)[C@@H](O)c2ccc(Cl)cc2)ccc1OC(C)=O. The number of carbonyl (C=O) groups is 2. The number of amides is 1. The molecular formula is C19H20ClNO5. The van der Waals surface area contributed by atoms with E-state index < -0.39 is 18.0 Å². The predicted octanol–water partition coefficient (Wildman–Crippen LogP) is 2.67. The molecule has 6 nitrogen and oxygen atoms in total. The molecule has 0 aliphatic heterocycles. The second-order valence-electron chi connectivity index (χ2n) is 5.57. The Bertz CT molecular complexity index is 776. The summed E-state index contributed by atoms with van der Waals surface area (Å²) >= 11 is 5.79. The van der Waals surface area contributed by atoms with Crippen LogP contribution in [-0.4, -0.2) is 30.6 Å². The fourth-order valence-corrected chi connectivity index (χ4v) is 2.46. The lowest BCUT2D eigenvalue weighted by Gasteiger charge is -2.13. The Hall–Kier alpha value is -2.57. The number of hydrogen-bond acceptors (Lipinski definition) is 5. The van der Waals surface area contributed by atoms with E-state index in [1.165, 1.54) is 14.0 Å². The number of aliphatic hydroxyl groups is 1. The molecule has 0 saturated carbocycles. The van der Waals surface area contributed by atoms with E-state index in [1.54, 1.807) is 42.5 Å². The van der Waals surface area contributed by atoms with E-state index in [0.29, 0.717) is 35.1 Å². The first-order chi connectivity index (χ1) is 12.4. The standard InChI is InChI=1S/C19H20ClNO5/c1-12(22)26-16-8-3-13(11-17(16)25-2)9-10-21-19(24)18(23)14-4-6-15(20)7-5-14/h3-8,11,18,23H,9-10H2,1-2H3,(H,21,24)/t18-/m0/s1. The molecule has 2 N–H and O–H groups in total. The Morgan fingerprint density at radius 2 is 1.85 bits per heavy atom. The molecule has 0 bridgehead atoms. The van der Waals surface area contributed by atoms with Crippen molar-refractivity contribution >= 4 is 23.5 Å². The Kier molecular flexibility index (Phi) is 7.00. The van der Waals surface area contributed by atoms with Crippen LogP contribution in [0.5, 0.6) is 11.5 Å². The van der Waals surface area contributed by atoms with E-state index in [-0.39, 0.29) is 0 Å². The van der Waals surface area contributed by atoms with E-state index >= 15 is 0 Å². The van der Waals surface area contributed by atoms with Gasteiger partial charge in [0, 0.05) is 18.5 Å². The van der Waals surface area contributed by atoms with Crippen molar-refractivity contribution in [3.63, 3.8) is 0 Å². The largest absolute Gasteiger partial charge is 0.493 e. The maximum absolute atomic E-state index is 12.0. The third-order valence-corrected chi connectivity index (χ3v) is 3.88. The summed E-state index contributed by atoms with van der Waals surface area (Å²) in [5.74, 6) is -0.147. The fourth-order valence-electron chi connectivity index (χ4n) is 2.33. The summed E-state index contributed by atoms with van der Waals surface area (Å²) in [6, 6.07) is 11.6. The van der Waals surface area contributed by atoms with Gasteiger partial charge in [0.05, 0.1) is 7.11 Å². The number of methoxy groups -OCH3 is 1. The van der Waals surface area contributed by atoms with Gasteiger partial charge in [-0.05, 0) is 41.8 Å². The summed E-state index contributed by atoms with van der Waals surface area (Å²) in [5.41, 5.74) is 1.36. The van der Waals surface area contributed by atoms with Crippen LogP contribution in [0.3, 0.4) is 0 Å². The van der Waals surface area contributed by atoms with Crippen molar-refractivity contribution in [2.75, 3.05) is 13.7 Å². The average molecular weight is 378 g/mol. The minimum Gasteiger partial charge on any atom is -0.493 e. The normalized spacial score (nSPS) is 11.5. The van der Waals surface area contributed by atoms with Gasteiger partial charge in [0.25, 0.3) is 5.91 Å². The van der Waals surface area contributed by atoms with E-state index in [1.807, 2.05) is 0 Å². The smallest absolute Gasteiger partial charge is 0.308 e. The first-order valence-electron chi connectivity index (χ1n) is 7.97. The molecule has 0 unspecified atom stereocenters. The number of benzene rings is 2. The molecule has 0 saturated heterocycles. The molecule has 7 heteroatoms. The van der Waals surface area contributed by atoms with Gasteiger partial charge in [-0.2, -0.15) is 0 Å². The molecule has 0 aliphatic rings. The van der Waals surface area contributed by atoms with Crippen molar-refractivity contribution < 1.29 is 24.2 Å². The van der Waals surface area contributed by atoms with E-state index in [2.05, 4.69) is 5.32 Å². The van der Waals surface area contributed by atoms with Crippen LogP contribution in [0.4, 0.5) is 0 Å². The maximum Gasteiger partial charge on any atom is 0.308 e. The van der Waals surface area contributed by atoms with Crippen molar-refractivity contribution in [1.82, 2.24) is 5.32 Å². The number of rotatable bonds is 7. The highest BCUT2D eigenvalue weighted by Crippen LogP contribution is 2.28. The van der Waals surface area contributed by atoms with Crippen molar-refractivity contribution in [3.05, 3.63) is 58.6 Å². The summed E-state index contributed by atoms with van der Waals surface area (Å²) in [5, 5.41) is 13.3. The lowest BCUT2D eigenvalue weighted by molar-refractivity contribution is -0.132. The molecule has 1 atom stereocenters. The molecule has 2 aromatic rings. The number of nitrogens with one attached hydrogen (secondary N) is 1. The second kappa shape index (κ2) is 9.22. The first kappa shape index (κ1) is 19.8. The summed E-state index contributed by atoms with van der Waals surface area (Å²) in [4.78, 5) is 23.1. The van der Waals surface area contributed by atoms with Gasteiger partial charge >= 0.3 is 5.97 Å². The van der Waals surface area contributed by atoms with Crippen LogP contribution in [0.2, 0.25) is 5.02 Å². The lowest BCUT2D eigenvalue weighted by atomic mass is 10.1. The molecule has 26 heavy (non-hydrogen) atoms. The van der Waals surface area contributed by atoms with Gasteiger partial charge in [-0.1, -0.05) is 29.8 Å². The van der Waals surface area contributed by atoms with E-state index in [4.69, 9.17) is 21.1 Å². The molecule has 0 radical (unpaired) electrons. The van der Waals surface area contributed by atoms with Crippen LogP contribution in [0.25, 0.3) is 0 Å². The van der Waals surface area contributed by atoms with Gasteiger partial charge in [0.2, 0.25) is 0 Å². The second-order valence-corrected chi connectivity index (χ2v) is 6.01. The summed E-state index contributed by atoms with van der Waals surface area (Å²) in [6.45, 7) is 1.65. The quantitative estimate of drug-likeness (QED) is 0.572. The first-order valence-corrected chi connectivity index (χ1v) is 8.35. The summed E-state index contributed by atoms with van der Waals surface area (Å²) in [7, 11) is 1.48. The number of carbonyl (C=O) groups excluding carboxylic acids is 2. The van der Waals surface area contributed by atoms with Crippen LogP contribution < -0.4 is 14.8 Å². The van der Waals surface area contributed by atoms with Crippen LogP contribution in [-0.2, 0) is 16.0 Å². The molecule has 0 spiro atoms. The van der Waals surface area contributed by atoms with Crippen LogP contribution in [0.15, 0.2) is 42.5 Å². The number of esters is 1. The molecule has 0 aliphatic carbocycles. The van der Waals surface area contributed by atoms with E-state index in [0.717, 1.165) is 5.56 Å². The van der Waals surface area contributed by atoms with Crippen LogP contribution in [0, 0.1) is 0 Å². The Morgan fingerprint density at radius 3 is 2.46 bits per heavy atom. The van der Waals surface area contributed by atoms with Gasteiger partial charge in [-0.15, -0.1) is 0 Å². The van der Waals surface area contributed by atoms with Crippen molar-refractivity contribution in [2.24, 2.45) is 0 Å². The third-order valence-electron chi connectivity index (χ3n) is 3.63.